The van der Waals surface area contributed by atoms with E-state index in [2.05, 4.69) is 6.07 Å². The third-order valence-electron chi connectivity index (χ3n) is 7.07. The maximum atomic E-state index is 12.9. The van der Waals surface area contributed by atoms with Gasteiger partial charge in [0.2, 0.25) is 11.8 Å². The Hall–Kier alpha value is -2.82. The van der Waals surface area contributed by atoms with Crippen LogP contribution in [0.15, 0.2) is 54.6 Å². The standard InChI is InChI=1S/C27H34N2O3/c1-3-28(4-2)26(31)19-22-20-27(32-24-13-9-8-12-23(22)24)14-16-29(17-15-27)25(30)18-21-10-6-5-7-11-21/h5-13,22H,3-4,14-20H2,1-2H3. The molecule has 2 amide bonds. The molecule has 2 aliphatic heterocycles. The molecule has 0 aliphatic carbocycles. The summed E-state index contributed by atoms with van der Waals surface area (Å²) in [5.74, 6) is 1.44. The number of nitrogens with zero attached hydrogens (tertiary/aromatic N) is 2. The van der Waals surface area contributed by atoms with Gasteiger partial charge in [-0.2, -0.15) is 0 Å². The average molecular weight is 435 g/mol. The Morgan fingerprint density at radius 2 is 1.66 bits per heavy atom. The van der Waals surface area contributed by atoms with Gasteiger partial charge in [0.25, 0.3) is 0 Å². The number of likely N-dealkylation sites (tertiary alicyclic amines) is 1. The fourth-order valence-electron chi connectivity index (χ4n) is 5.20. The molecule has 32 heavy (non-hydrogen) atoms. The van der Waals surface area contributed by atoms with Crippen LogP contribution in [0, 0.1) is 0 Å². The molecule has 2 heterocycles. The van der Waals surface area contributed by atoms with Crippen molar-refractivity contribution in [1.82, 2.24) is 9.80 Å². The maximum absolute atomic E-state index is 12.9. The van der Waals surface area contributed by atoms with Crippen molar-refractivity contribution in [3.05, 3.63) is 65.7 Å². The summed E-state index contributed by atoms with van der Waals surface area (Å²) in [5.41, 5.74) is 1.89. The molecule has 1 saturated heterocycles. The van der Waals surface area contributed by atoms with Crippen LogP contribution >= 0.6 is 0 Å². The molecule has 5 heteroatoms. The third-order valence-corrected chi connectivity index (χ3v) is 7.07. The van der Waals surface area contributed by atoms with Crippen LogP contribution < -0.4 is 4.74 Å². The van der Waals surface area contributed by atoms with Crippen molar-refractivity contribution in [2.24, 2.45) is 0 Å². The predicted molar refractivity (Wildman–Crippen MR) is 126 cm³/mol. The predicted octanol–water partition coefficient (Wildman–Crippen LogP) is 4.42. The first-order chi connectivity index (χ1) is 15.5. The van der Waals surface area contributed by atoms with Crippen LogP contribution in [0.4, 0.5) is 0 Å². The first-order valence-corrected chi connectivity index (χ1v) is 11.9. The van der Waals surface area contributed by atoms with E-state index < -0.39 is 0 Å². The number of piperidine rings is 1. The molecule has 4 rings (SSSR count). The molecule has 5 nitrogen and oxygen atoms in total. The van der Waals surface area contributed by atoms with Crippen molar-refractivity contribution >= 4 is 11.8 Å². The summed E-state index contributed by atoms with van der Waals surface area (Å²) >= 11 is 0. The van der Waals surface area contributed by atoms with Gasteiger partial charge in [-0.25, -0.2) is 0 Å². The van der Waals surface area contributed by atoms with Crippen molar-refractivity contribution in [3.8, 4) is 5.75 Å². The highest BCUT2D eigenvalue weighted by atomic mass is 16.5. The molecular weight excluding hydrogens is 400 g/mol. The Morgan fingerprint density at radius 3 is 2.34 bits per heavy atom. The minimum Gasteiger partial charge on any atom is -0.487 e. The first kappa shape index (κ1) is 22.4. The van der Waals surface area contributed by atoms with E-state index in [1.807, 2.05) is 72.2 Å². The number of para-hydroxylation sites is 1. The molecule has 2 aromatic carbocycles. The number of ether oxygens (including phenoxy) is 1. The lowest BCUT2D eigenvalue weighted by Gasteiger charge is -2.47. The second-order valence-corrected chi connectivity index (χ2v) is 9.04. The number of hydrogen-bond donors (Lipinski definition) is 0. The van der Waals surface area contributed by atoms with Crippen molar-refractivity contribution in [3.63, 3.8) is 0 Å². The summed E-state index contributed by atoms with van der Waals surface area (Å²) in [7, 11) is 0. The molecule has 1 unspecified atom stereocenters. The van der Waals surface area contributed by atoms with E-state index in [9.17, 15) is 9.59 Å². The Morgan fingerprint density at radius 1 is 1.00 bits per heavy atom. The zero-order valence-corrected chi connectivity index (χ0v) is 19.3. The summed E-state index contributed by atoms with van der Waals surface area (Å²) < 4.78 is 6.57. The van der Waals surface area contributed by atoms with E-state index in [1.54, 1.807) is 0 Å². The van der Waals surface area contributed by atoms with Crippen LogP contribution in [-0.4, -0.2) is 53.4 Å². The van der Waals surface area contributed by atoms with Gasteiger partial charge < -0.3 is 14.5 Å². The Kier molecular flexibility index (Phi) is 6.83. The van der Waals surface area contributed by atoms with Gasteiger partial charge in [-0.05, 0) is 37.5 Å². The lowest BCUT2D eigenvalue weighted by Crippen LogP contribution is -2.52. The van der Waals surface area contributed by atoms with Gasteiger partial charge in [-0.1, -0.05) is 48.5 Å². The van der Waals surface area contributed by atoms with Gasteiger partial charge in [0.1, 0.15) is 11.4 Å². The topological polar surface area (TPSA) is 49.9 Å². The fourth-order valence-corrected chi connectivity index (χ4v) is 5.20. The minimum absolute atomic E-state index is 0.152. The SMILES string of the molecule is CCN(CC)C(=O)CC1CC2(CCN(C(=O)Cc3ccccc3)CC2)Oc2ccccc21. The molecule has 2 aromatic rings. The van der Waals surface area contributed by atoms with Crippen molar-refractivity contribution in [2.45, 2.75) is 57.5 Å². The Balaban J connectivity index is 1.45. The van der Waals surface area contributed by atoms with Crippen LogP contribution in [-0.2, 0) is 16.0 Å². The van der Waals surface area contributed by atoms with Crippen LogP contribution in [0.3, 0.4) is 0 Å². The average Bonchev–Trinajstić information content (AvgIpc) is 2.81. The number of carbonyl (C=O) groups excluding carboxylic acids is 2. The summed E-state index contributed by atoms with van der Waals surface area (Å²) in [6.45, 7) is 6.94. The number of amides is 2. The summed E-state index contributed by atoms with van der Waals surface area (Å²) in [6, 6.07) is 18.1. The molecule has 1 fully saturated rings. The van der Waals surface area contributed by atoms with Gasteiger partial charge in [0, 0.05) is 51.4 Å². The number of rotatable bonds is 6. The van der Waals surface area contributed by atoms with Gasteiger partial charge in [-0.15, -0.1) is 0 Å². The number of fused-ring (bicyclic) bond motifs is 1. The molecule has 0 N–H and O–H groups in total. The number of carbonyl (C=O) groups is 2. The Bertz CT molecular complexity index is 931. The zero-order chi connectivity index (χ0) is 22.6. The fraction of sp³-hybridized carbons (Fsp3) is 0.481. The molecule has 0 bridgehead atoms. The number of benzene rings is 2. The van der Waals surface area contributed by atoms with Crippen LogP contribution in [0.1, 0.15) is 56.6 Å². The molecular formula is C27H34N2O3. The van der Waals surface area contributed by atoms with Gasteiger partial charge >= 0.3 is 0 Å². The smallest absolute Gasteiger partial charge is 0.226 e. The van der Waals surface area contributed by atoms with E-state index >= 15 is 0 Å². The molecule has 170 valence electrons. The summed E-state index contributed by atoms with van der Waals surface area (Å²) in [6.07, 6.45) is 3.40. The van der Waals surface area contributed by atoms with Crippen LogP contribution in [0.5, 0.6) is 5.75 Å². The molecule has 1 atom stereocenters. The van der Waals surface area contributed by atoms with Gasteiger partial charge in [-0.3, -0.25) is 9.59 Å². The van der Waals surface area contributed by atoms with Crippen molar-refractivity contribution in [1.29, 1.82) is 0 Å². The minimum atomic E-state index is -0.300. The second-order valence-electron chi connectivity index (χ2n) is 9.04. The van der Waals surface area contributed by atoms with Crippen molar-refractivity contribution in [2.75, 3.05) is 26.2 Å². The van der Waals surface area contributed by atoms with E-state index in [-0.39, 0.29) is 23.3 Å². The zero-order valence-electron chi connectivity index (χ0n) is 19.3. The third kappa shape index (κ3) is 4.82. The quantitative estimate of drug-likeness (QED) is 0.676. The highest BCUT2D eigenvalue weighted by molar-refractivity contribution is 5.79. The molecule has 0 saturated carbocycles. The van der Waals surface area contributed by atoms with Crippen LogP contribution in [0.25, 0.3) is 0 Å². The van der Waals surface area contributed by atoms with E-state index in [4.69, 9.17) is 4.74 Å². The second kappa shape index (κ2) is 9.76. The van der Waals surface area contributed by atoms with Crippen LogP contribution in [0.2, 0.25) is 0 Å². The first-order valence-electron chi connectivity index (χ1n) is 11.9. The monoisotopic (exact) mass is 434 g/mol. The summed E-state index contributed by atoms with van der Waals surface area (Å²) in [5, 5.41) is 0. The van der Waals surface area contributed by atoms with E-state index in [1.165, 1.54) is 0 Å². The molecule has 0 radical (unpaired) electrons. The Labute approximate surface area is 191 Å². The largest absolute Gasteiger partial charge is 0.487 e. The maximum Gasteiger partial charge on any atom is 0.226 e. The van der Waals surface area contributed by atoms with E-state index in [0.29, 0.717) is 25.9 Å². The molecule has 0 aromatic heterocycles. The highest BCUT2D eigenvalue weighted by Gasteiger charge is 2.44. The lowest BCUT2D eigenvalue weighted by atomic mass is 9.76. The molecule has 2 aliphatic rings. The van der Waals surface area contributed by atoms with Gasteiger partial charge in [0.05, 0.1) is 6.42 Å². The summed E-state index contributed by atoms with van der Waals surface area (Å²) in [4.78, 5) is 29.6. The van der Waals surface area contributed by atoms with Crippen molar-refractivity contribution < 1.29 is 14.3 Å². The lowest BCUT2D eigenvalue weighted by molar-refractivity contribution is -0.134. The van der Waals surface area contributed by atoms with Gasteiger partial charge in [0.15, 0.2) is 0 Å². The highest BCUT2D eigenvalue weighted by Crippen LogP contribution is 2.46. The normalized spacial score (nSPS) is 19.2. The number of hydrogen-bond acceptors (Lipinski definition) is 3. The van der Waals surface area contributed by atoms with E-state index in [0.717, 1.165) is 49.2 Å². The molecule has 1 spiro atoms.